The van der Waals surface area contributed by atoms with Gasteiger partial charge in [-0.1, -0.05) is 5.16 Å². The fourth-order valence-corrected chi connectivity index (χ4v) is 1.92. The van der Waals surface area contributed by atoms with Crippen LogP contribution in [0.15, 0.2) is 46.0 Å². The smallest absolute Gasteiger partial charge is 0.295 e. The first-order valence-corrected chi connectivity index (χ1v) is 6.21. The molecule has 0 saturated carbocycles. The third-order valence-electron chi connectivity index (χ3n) is 2.96. The minimum Gasteiger partial charge on any atom is -0.295 e. The molecule has 0 atom stereocenters. The molecule has 8 heteroatoms. The summed E-state index contributed by atoms with van der Waals surface area (Å²) in [6, 6.07) is 7.43. The van der Waals surface area contributed by atoms with E-state index in [9.17, 15) is 9.18 Å². The van der Waals surface area contributed by atoms with E-state index in [1.54, 1.807) is 6.07 Å². The summed E-state index contributed by atoms with van der Waals surface area (Å²) in [4.78, 5) is 19.7. The highest BCUT2D eigenvalue weighted by Gasteiger charge is 2.17. The fourth-order valence-electron chi connectivity index (χ4n) is 1.92. The maximum atomic E-state index is 13.9. The standard InChI is InChI=1S/C14H8FN5O2/c15-11-3-2-9(7-16)6-10(11)8-20-13(19-22-14(20)21)12-17-4-1-5-18-12/h1-6H,8H2. The molecule has 3 aromatic rings. The van der Waals surface area contributed by atoms with Crippen LogP contribution in [0.25, 0.3) is 11.6 Å². The van der Waals surface area contributed by atoms with Crippen molar-refractivity contribution in [2.24, 2.45) is 0 Å². The minimum atomic E-state index is -0.760. The Morgan fingerprint density at radius 1 is 1.32 bits per heavy atom. The molecule has 108 valence electrons. The first kappa shape index (κ1) is 13.6. The fraction of sp³-hybridized carbons (Fsp3) is 0.0714. The highest BCUT2D eigenvalue weighted by Crippen LogP contribution is 2.15. The summed E-state index contributed by atoms with van der Waals surface area (Å²) in [5.41, 5.74) is 0.458. The van der Waals surface area contributed by atoms with Gasteiger partial charge in [0.15, 0.2) is 5.82 Å². The van der Waals surface area contributed by atoms with Crippen LogP contribution in [0.4, 0.5) is 4.39 Å². The number of aromatic nitrogens is 4. The van der Waals surface area contributed by atoms with E-state index in [4.69, 9.17) is 5.26 Å². The van der Waals surface area contributed by atoms with Crippen molar-refractivity contribution in [2.75, 3.05) is 0 Å². The molecule has 0 fully saturated rings. The summed E-state index contributed by atoms with van der Waals surface area (Å²) in [6.07, 6.45) is 2.98. The zero-order valence-electron chi connectivity index (χ0n) is 11.1. The number of hydrogen-bond acceptors (Lipinski definition) is 6. The van der Waals surface area contributed by atoms with Gasteiger partial charge < -0.3 is 0 Å². The topological polar surface area (TPSA) is 97.6 Å². The van der Waals surface area contributed by atoms with Gasteiger partial charge in [0.05, 0.1) is 18.2 Å². The van der Waals surface area contributed by atoms with Crippen LogP contribution in [0.3, 0.4) is 0 Å². The van der Waals surface area contributed by atoms with Gasteiger partial charge in [0.25, 0.3) is 0 Å². The van der Waals surface area contributed by atoms with Gasteiger partial charge >= 0.3 is 5.76 Å². The molecular weight excluding hydrogens is 289 g/mol. The number of nitriles is 1. The van der Waals surface area contributed by atoms with Crippen LogP contribution in [0, 0.1) is 17.1 Å². The van der Waals surface area contributed by atoms with Gasteiger partial charge in [0.2, 0.25) is 5.82 Å². The Hall–Kier alpha value is -3.34. The summed E-state index contributed by atoms with van der Waals surface area (Å²) < 4.78 is 19.6. The van der Waals surface area contributed by atoms with Crippen molar-refractivity contribution in [3.8, 4) is 17.7 Å². The lowest BCUT2D eigenvalue weighted by Gasteiger charge is -2.05. The van der Waals surface area contributed by atoms with E-state index in [1.807, 2.05) is 6.07 Å². The Kier molecular flexibility index (Phi) is 3.45. The molecule has 0 saturated heterocycles. The van der Waals surface area contributed by atoms with E-state index in [0.29, 0.717) is 5.56 Å². The number of benzene rings is 1. The van der Waals surface area contributed by atoms with Gasteiger partial charge in [0, 0.05) is 18.0 Å². The predicted molar refractivity (Wildman–Crippen MR) is 72.0 cm³/mol. The number of nitrogens with zero attached hydrogens (tertiary/aromatic N) is 5. The highest BCUT2D eigenvalue weighted by molar-refractivity contribution is 5.42. The average molecular weight is 297 g/mol. The Balaban J connectivity index is 2.06. The molecule has 0 radical (unpaired) electrons. The van der Waals surface area contributed by atoms with Gasteiger partial charge in [0.1, 0.15) is 5.82 Å². The van der Waals surface area contributed by atoms with Gasteiger partial charge in [-0.25, -0.2) is 23.7 Å². The van der Waals surface area contributed by atoms with Crippen molar-refractivity contribution in [2.45, 2.75) is 6.54 Å². The van der Waals surface area contributed by atoms with E-state index in [1.165, 1.54) is 30.6 Å². The molecule has 3 rings (SSSR count). The van der Waals surface area contributed by atoms with Crippen molar-refractivity contribution in [3.05, 3.63) is 64.2 Å². The van der Waals surface area contributed by atoms with Gasteiger partial charge in [-0.15, -0.1) is 0 Å². The molecule has 2 heterocycles. The van der Waals surface area contributed by atoms with Crippen molar-refractivity contribution in [1.82, 2.24) is 19.7 Å². The number of hydrogen-bond donors (Lipinski definition) is 0. The molecule has 0 spiro atoms. The second-order valence-corrected chi connectivity index (χ2v) is 4.35. The van der Waals surface area contributed by atoms with E-state index in [2.05, 4.69) is 19.6 Å². The van der Waals surface area contributed by atoms with Crippen molar-refractivity contribution in [1.29, 1.82) is 5.26 Å². The quantitative estimate of drug-likeness (QED) is 0.723. The van der Waals surface area contributed by atoms with Crippen molar-refractivity contribution in [3.63, 3.8) is 0 Å². The summed E-state index contributed by atoms with van der Waals surface area (Å²) in [5.74, 6) is -1.02. The Morgan fingerprint density at radius 3 is 2.82 bits per heavy atom. The maximum Gasteiger partial charge on any atom is 0.442 e. The predicted octanol–water partition coefficient (Wildman–Crippen LogP) is 1.35. The zero-order valence-corrected chi connectivity index (χ0v) is 11.1. The Morgan fingerprint density at radius 2 is 2.09 bits per heavy atom. The Labute approximate surface area is 123 Å². The first-order valence-electron chi connectivity index (χ1n) is 6.21. The lowest BCUT2D eigenvalue weighted by Crippen LogP contribution is -2.17. The van der Waals surface area contributed by atoms with Crippen LogP contribution in [0.5, 0.6) is 0 Å². The second-order valence-electron chi connectivity index (χ2n) is 4.35. The van der Waals surface area contributed by atoms with Crippen LogP contribution >= 0.6 is 0 Å². The minimum absolute atomic E-state index is 0.0901. The lowest BCUT2D eigenvalue weighted by atomic mass is 10.1. The summed E-state index contributed by atoms with van der Waals surface area (Å²) in [7, 11) is 0. The SMILES string of the molecule is N#Cc1ccc(F)c(Cn2c(-c3ncccn3)noc2=O)c1. The lowest BCUT2D eigenvalue weighted by molar-refractivity contribution is 0.377. The molecule has 0 N–H and O–H groups in total. The van der Waals surface area contributed by atoms with Crippen LogP contribution in [-0.4, -0.2) is 19.7 Å². The van der Waals surface area contributed by atoms with Gasteiger partial charge in [-0.05, 0) is 24.3 Å². The molecule has 0 aliphatic carbocycles. The average Bonchev–Trinajstić information content (AvgIpc) is 2.91. The molecule has 0 amide bonds. The number of halogens is 1. The van der Waals surface area contributed by atoms with Crippen LogP contribution in [0.2, 0.25) is 0 Å². The maximum absolute atomic E-state index is 13.9. The van der Waals surface area contributed by atoms with Crippen LogP contribution < -0.4 is 5.76 Å². The molecule has 22 heavy (non-hydrogen) atoms. The molecular formula is C14H8FN5O2. The summed E-state index contributed by atoms with van der Waals surface area (Å²) in [6.45, 7) is -0.142. The molecule has 0 unspecified atom stereocenters. The molecule has 2 aromatic heterocycles. The van der Waals surface area contributed by atoms with Crippen molar-refractivity contribution < 1.29 is 8.91 Å². The monoisotopic (exact) mass is 297 g/mol. The van der Waals surface area contributed by atoms with Gasteiger partial charge in [-0.2, -0.15) is 5.26 Å². The first-order chi connectivity index (χ1) is 10.7. The van der Waals surface area contributed by atoms with Crippen LogP contribution in [0.1, 0.15) is 11.1 Å². The molecule has 7 nitrogen and oxygen atoms in total. The van der Waals surface area contributed by atoms with Crippen molar-refractivity contribution >= 4 is 0 Å². The summed E-state index contributed by atoms with van der Waals surface area (Å²) in [5, 5.41) is 12.5. The largest absolute Gasteiger partial charge is 0.442 e. The molecule has 0 bridgehead atoms. The van der Waals surface area contributed by atoms with Gasteiger partial charge in [-0.3, -0.25) is 4.52 Å². The highest BCUT2D eigenvalue weighted by atomic mass is 19.1. The van der Waals surface area contributed by atoms with Crippen LogP contribution in [-0.2, 0) is 6.54 Å². The van der Waals surface area contributed by atoms with E-state index >= 15 is 0 Å². The van der Waals surface area contributed by atoms with E-state index in [0.717, 1.165) is 4.57 Å². The molecule has 1 aromatic carbocycles. The Bertz CT molecular complexity index is 911. The third kappa shape index (κ3) is 2.47. The van der Waals surface area contributed by atoms with E-state index < -0.39 is 11.6 Å². The molecule has 0 aliphatic heterocycles. The number of rotatable bonds is 3. The molecule has 0 aliphatic rings. The zero-order chi connectivity index (χ0) is 15.5. The normalized spacial score (nSPS) is 10.4. The summed E-state index contributed by atoms with van der Waals surface area (Å²) >= 11 is 0. The third-order valence-corrected chi connectivity index (χ3v) is 2.96. The second kappa shape index (κ2) is 5.57. The van der Waals surface area contributed by atoms with E-state index in [-0.39, 0.29) is 23.8 Å².